The predicted molar refractivity (Wildman–Crippen MR) is 115 cm³/mol. The molecule has 2 rings (SSSR count). The highest BCUT2D eigenvalue weighted by Gasteiger charge is 2.17. The van der Waals surface area contributed by atoms with Gasteiger partial charge >= 0.3 is 0 Å². The largest absolute Gasteiger partial charge is 0.357 e. The third-order valence-electron chi connectivity index (χ3n) is 5.02. The summed E-state index contributed by atoms with van der Waals surface area (Å²) in [6, 6.07) is 0.620. The second-order valence-corrected chi connectivity index (χ2v) is 7.41. The Morgan fingerprint density at radius 3 is 2.42 bits per heavy atom. The van der Waals surface area contributed by atoms with Gasteiger partial charge < -0.3 is 20.4 Å². The molecule has 2 aliphatic rings. The van der Waals surface area contributed by atoms with Crippen LogP contribution in [-0.4, -0.2) is 74.7 Å². The molecule has 2 fully saturated rings. The van der Waals surface area contributed by atoms with Crippen LogP contribution in [0.2, 0.25) is 0 Å². The third-order valence-corrected chi connectivity index (χ3v) is 5.02. The van der Waals surface area contributed by atoms with Crippen molar-refractivity contribution in [3.8, 4) is 0 Å². The molecule has 6 heteroatoms. The maximum Gasteiger partial charge on any atom is 0.191 e. The van der Waals surface area contributed by atoms with Crippen LogP contribution < -0.4 is 10.6 Å². The summed E-state index contributed by atoms with van der Waals surface area (Å²) in [5, 5.41) is 7.05. The number of aliphatic imine (C=N–C) groups is 1. The Labute approximate surface area is 166 Å². The molecule has 0 spiro atoms. The normalized spacial score (nSPS) is 22.7. The molecule has 1 aliphatic heterocycles. The Morgan fingerprint density at radius 2 is 1.79 bits per heavy atom. The molecule has 5 nitrogen and oxygen atoms in total. The maximum atomic E-state index is 4.85. The second-order valence-electron chi connectivity index (χ2n) is 7.41. The van der Waals surface area contributed by atoms with Crippen LogP contribution in [0.4, 0.5) is 0 Å². The topological polar surface area (TPSA) is 42.9 Å². The molecule has 0 bridgehead atoms. The van der Waals surface area contributed by atoms with E-state index in [0.29, 0.717) is 12.0 Å². The van der Waals surface area contributed by atoms with Gasteiger partial charge in [-0.05, 0) is 32.7 Å². The van der Waals surface area contributed by atoms with Gasteiger partial charge in [-0.2, -0.15) is 0 Å². The number of nitrogens with one attached hydrogen (secondary N) is 2. The molecule has 1 saturated carbocycles. The van der Waals surface area contributed by atoms with E-state index in [9.17, 15) is 0 Å². The Balaban J connectivity index is 0.00000288. The highest BCUT2D eigenvalue weighted by atomic mass is 127. The van der Waals surface area contributed by atoms with E-state index in [2.05, 4.69) is 41.3 Å². The van der Waals surface area contributed by atoms with E-state index in [1.165, 1.54) is 64.8 Å². The number of nitrogens with zero attached hydrogens (tertiary/aromatic N) is 3. The summed E-state index contributed by atoms with van der Waals surface area (Å²) in [6.45, 7) is 12.3. The van der Waals surface area contributed by atoms with Crippen molar-refractivity contribution in [3.05, 3.63) is 0 Å². The van der Waals surface area contributed by atoms with E-state index in [1.54, 1.807) is 0 Å². The summed E-state index contributed by atoms with van der Waals surface area (Å²) in [4.78, 5) is 9.84. The van der Waals surface area contributed by atoms with Gasteiger partial charge in [0.15, 0.2) is 5.96 Å². The van der Waals surface area contributed by atoms with E-state index in [4.69, 9.17) is 4.99 Å². The van der Waals surface area contributed by atoms with Crippen LogP contribution in [0.3, 0.4) is 0 Å². The standard InChI is InChI=1S/C18H37N5.HI/c1-4-19-18(21-17-8-6-5-7-9-17)20-14-16(2)15-23-12-10-22(3)11-13-23;/h16-17H,4-15H2,1-3H3,(H2,19,20,21);1H. The molecule has 0 aromatic heterocycles. The summed E-state index contributed by atoms with van der Waals surface area (Å²) in [5.41, 5.74) is 0. The number of hydrogen-bond donors (Lipinski definition) is 2. The van der Waals surface area contributed by atoms with E-state index in [0.717, 1.165) is 19.0 Å². The minimum absolute atomic E-state index is 0. The Hall–Kier alpha value is -0.0800. The van der Waals surface area contributed by atoms with Crippen LogP contribution in [-0.2, 0) is 0 Å². The highest BCUT2D eigenvalue weighted by Crippen LogP contribution is 2.17. The quantitative estimate of drug-likeness (QED) is 0.370. The van der Waals surface area contributed by atoms with Crippen molar-refractivity contribution < 1.29 is 0 Å². The molecule has 1 aliphatic carbocycles. The summed E-state index contributed by atoms with van der Waals surface area (Å²) < 4.78 is 0. The molecular weight excluding hydrogens is 413 g/mol. The first-order valence-electron chi connectivity index (χ1n) is 9.63. The summed E-state index contributed by atoms with van der Waals surface area (Å²) in [5.74, 6) is 1.63. The van der Waals surface area contributed by atoms with Crippen LogP contribution in [0.25, 0.3) is 0 Å². The van der Waals surface area contributed by atoms with Gasteiger partial charge in [-0.15, -0.1) is 24.0 Å². The number of halogens is 1. The first-order chi connectivity index (χ1) is 11.2. The molecule has 24 heavy (non-hydrogen) atoms. The Kier molecular flexibility index (Phi) is 11.3. The minimum Gasteiger partial charge on any atom is -0.357 e. The first-order valence-corrected chi connectivity index (χ1v) is 9.63. The molecule has 142 valence electrons. The molecule has 0 radical (unpaired) electrons. The van der Waals surface area contributed by atoms with Crippen molar-refractivity contribution in [2.24, 2.45) is 10.9 Å². The number of guanidine groups is 1. The van der Waals surface area contributed by atoms with Crippen LogP contribution in [0, 0.1) is 5.92 Å². The van der Waals surface area contributed by atoms with Crippen LogP contribution >= 0.6 is 24.0 Å². The lowest BCUT2D eigenvalue weighted by atomic mass is 9.96. The molecule has 0 amide bonds. The van der Waals surface area contributed by atoms with Crippen molar-refractivity contribution in [2.75, 3.05) is 52.9 Å². The minimum atomic E-state index is 0. The van der Waals surface area contributed by atoms with Crippen LogP contribution in [0.15, 0.2) is 4.99 Å². The fourth-order valence-corrected chi connectivity index (χ4v) is 3.54. The maximum absolute atomic E-state index is 4.85. The van der Waals surface area contributed by atoms with Gasteiger partial charge in [-0.25, -0.2) is 0 Å². The average molecular weight is 451 g/mol. The van der Waals surface area contributed by atoms with Crippen LogP contribution in [0.1, 0.15) is 46.0 Å². The summed E-state index contributed by atoms with van der Waals surface area (Å²) >= 11 is 0. The summed E-state index contributed by atoms with van der Waals surface area (Å²) in [6.07, 6.45) is 6.70. The summed E-state index contributed by atoms with van der Waals surface area (Å²) in [7, 11) is 2.21. The number of rotatable bonds is 6. The van der Waals surface area contributed by atoms with Gasteiger partial charge in [0.1, 0.15) is 0 Å². The molecule has 0 aromatic rings. The molecule has 1 heterocycles. The lowest BCUT2D eigenvalue weighted by molar-refractivity contribution is 0.140. The van der Waals surface area contributed by atoms with Crippen molar-refractivity contribution >= 4 is 29.9 Å². The predicted octanol–water partition coefficient (Wildman–Crippen LogP) is 2.38. The van der Waals surface area contributed by atoms with Gasteiger partial charge in [0.25, 0.3) is 0 Å². The van der Waals surface area contributed by atoms with Crippen molar-refractivity contribution in [2.45, 2.75) is 52.0 Å². The SMILES string of the molecule is CCNC(=NCC(C)CN1CCN(C)CC1)NC1CCCCC1.I. The van der Waals surface area contributed by atoms with Gasteiger partial charge in [-0.3, -0.25) is 4.99 Å². The fraction of sp³-hybridized carbons (Fsp3) is 0.944. The van der Waals surface area contributed by atoms with Crippen molar-refractivity contribution in [1.29, 1.82) is 0 Å². The number of piperazine rings is 1. The zero-order chi connectivity index (χ0) is 16.5. The Morgan fingerprint density at radius 1 is 1.12 bits per heavy atom. The zero-order valence-corrected chi connectivity index (χ0v) is 18.2. The van der Waals surface area contributed by atoms with Crippen LogP contribution in [0.5, 0.6) is 0 Å². The molecule has 0 aromatic carbocycles. The molecular formula is C18H38IN5. The second kappa shape index (κ2) is 12.3. The number of hydrogen-bond acceptors (Lipinski definition) is 3. The monoisotopic (exact) mass is 451 g/mol. The Bertz CT molecular complexity index is 349. The third kappa shape index (κ3) is 8.34. The number of likely N-dealkylation sites (N-methyl/N-ethyl adjacent to an activating group) is 1. The zero-order valence-electron chi connectivity index (χ0n) is 15.9. The lowest BCUT2D eigenvalue weighted by Crippen LogP contribution is -2.46. The van der Waals surface area contributed by atoms with Crippen molar-refractivity contribution in [1.82, 2.24) is 20.4 Å². The first kappa shape index (κ1) is 22.0. The molecule has 2 N–H and O–H groups in total. The molecule has 1 unspecified atom stereocenters. The van der Waals surface area contributed by atoms with E-state index in [1.807, 2.05) is 0 Å². The fourth-order valence-electron chi connectivity index (χ4n) is 3.54. The van der Waals surface area contributed by atoms with Gasteiger partial charge in [0, 0.05) is 51.9 Å². The van der Waals surface area contributed by atoms with Gasteiger partial charge in [-0.1, -0.05) is 26.2 Å². The smallest absolute Gasteiger partial charge is 0.191 e. The highest BCUT2D eigenvalue weighted by molar-refractivity contribution is 14.0. The molecule has 1 saturated heterocycles. The van der Waals surface area contributed by atoms with E-state index in [-0.39, 0.29) is 24.0 Å². The van der Waals surface area contributed by atoms with E-state index < -0.39 is 0 Å². The molecule has 1 atom stereocenters. The average Bonchev–Trinajstić information content (AvgIpc) is 2.56. The van der Waals surface area contributed by atoms with Gasteiger partial charge in [0.2, 0.25) is 0 Å². The lowest BCUT2D eigenvalue weighted by Gasteiger charge is -2.33. The van der Waals surface area contributed by atoms with E-state index >= 15 is 0 Å². The van der Waals surface area contributed by atoms with Gasteiger partial charge in [0.05, 0.1) is 0 Å². The van der Waals surface area contributed by atoms with Crippen molar-refractivity contribution in [3.63, 3.8) is 0 Å².